The molecule has 0 radical (unpaired) electrons. The molecular weight excluding hydrogens is 392 g/mol. The van der Waals surface area contributed by atoms with Crippen molar-refractivity contribution >= 4 is 11.8 Å². The molecule has 1 aromatic heterocycles. The van der Waals surface area contributed by atoms with E-state index in [1.54, 1.807) is 0 Å². The molecule has 3 aliphatic rings. The van der Waals surface area contributed by atoms with Crippen LogP contribution in [0.2, 0.25) is 0 Å². The van der Waals surface area contributed by atoms with E-state index < -0.39 is 0 Å². The van der Waals surface area contributed by atoms with Crippen LogP contribution in [0.15, 0.2) is 29.1 Å². The summed E-state index contributed by atoms with van der Waals surface area (Å²) >= 11 is 0. The summed E-state index contributed by atoms with van der Waals surface area (Å²) in [5.74, 6) is 1.15. The van der Waals surface area contributed by atoms with Crippen molar-refractivity contribution in [3.63, 3.8) is 0 Å². The van der Waals surface area contributed by atoms with Crippen LogP contribution < -0.4 is 5.56 Å². The average Bonchev–Trinajstić information content (AvgIpc) is 3.48. The zero-order chi connectivity index (χ0) is 21.5. The summed E-state index contributed by atoms with van der Waals surface area (Å²) in [5, 5.41) is 0. The normalized spacial score (nSPS) is 20.6. The number of H-pyrrole nitrogens is 1. The van der Waals surface area contributed by atoms with E-state index in [4.69, 9.17) is 4.98 Å². The number of rotatable bonds is 4. The molecule has 0 unspecified atom stereocenters. The molecule has 1 saturated heterocycles. The van der Waals surface area contributed by atoms with Crippen LogP contribution in [0.4, 0.5) is 0 Å². The van der Waals surface area contributed by atoms with Crippen LogP contribution in [-0.4, -0.2) is 51.2 Å². The number of benzene rings is 1. The molecule has 1 N–H and O–H groups in total. The van der Waals surface area contributed by atoms with Gasteiger partial charge in [0.25, 0.3) is 5.56 Å². The largest absolute Gasteiger partial charge is 0.342 e. The molecule has 7 heteroatoms. The molecule has 1 saturated carbocycles. The highest BCUT2D eigenvalue weighted by atomic mass is 16.2. The number of amides is 2. The Morgan fingerprint density at radius 2 is 2.00 bits per heavy atom. The third kappa shape index (κ3) is 4.13. The van der Waals surface area contributed by atoms with E-state index in [1.807, 2.05) is 41.0 Å². The van der Waals surface area contributed by atoms with E-state index in [0.29, 0.717) is 50.4 Å². The Bertz CT molecular complexity index is 1090. The maximum absolute atomic E-state index is 12.8. The minimum Gasteiger partial charge on any atom is -0.342 e. The molecular formula is C24H28N4O3. The second-order valence-corrected chi connectivity index (χ2v) is 9.15. The van der Waals surface area contributed by atoms with Gasteiger partial charge in [-0.05, 0) is 38.2 Å². The minimum absolute atomic E-state index is 0.0222. The number of fused-ring (bicyclic) bond motifs is 1. The number of nitrogens with zero attached hydrogens (tertiary/aromatic N) is 3. The van der Waals surface area contributed by atoms with Crippen molar-refractivity contribution in [2.24, 2.45) is 5.92 Å². The quantitative estimate of drug-likeness (QED) is 0.819. The van der Waals surface area contributed by atoms with Gasteiger partial charge in [0, 0.05) is 37.0 Å². The molecule has 1 aliphatic carbocycles. The van der Waals surface area contributed by atoms with Gasteiger partial charge < -0.3 is 14.8 Å². The second kappa shape index (κ2) is 7.94. The van der Waals surface area contributed by atoms with Gasteiger partial charge in [0.2, 0.25) is 11.8 Å². The lowest BCUT2D eigenvalue weighted by Crippen LogP contribution is -2.40. The number of aromatic amines is 1. The number of carbonyl (C=O) groups excluding carboxylic acids is 2. The smallest absolute Gasteiger partial charge is 0.254 e. The zero-order valence-electron chi connectivity index (χ0n) is 17.9. The molecule has 2 fully saturated rings. The predicted molar refractivity (Wildman–Crippen MR) is 116 cm³/mol. The van der Waals surface area contributed by atoms with E-state index in [9.17, 15) is 14.4 Å². The molecule has 1 atom stereocenters. The zero-order valence-corrected chi connectivity index (χ0v) is 17.9. The van der Waals surface area contributed by atoms with Crippen molar-refractivity contribution in [2.45, 2.75) is 51.5 Å². The summed E-state index contributed by atoms with van der Waals surface area (Å²) in [6, 6.07) is 8.03. The van der Waals surface area contributed by atoms with Gasteiger partial charge in [-0.3, -0.25) is 14.4 Å². The first-order valence-corrected chi connectivity index (χ1v) is 11.2. The van der Waals surface area contributed by atoms with E-state index >= 15 is 0 Å². The summed E-state index contributed by atoms with van der Waals surface area (Å²) in [7, 11) is 0. The van der Waals surface area contributed by atoms with Crippen molar-refractivity contribution in [2.75, 3.05) is 19.6 Å². The third-order valence-corrected chi connectivity index (χ3v) is 6.70. The molecule has 5 rings (SSSR count). The van der Waals surface area contributed by atoms with Gasteiger partial charge in [0.05, 0.1) is 18.7 Å². The number of likely N-dealkylation sites (tertiary alicyclic amines) is 1. The Labute approximate surface area is 181 Å². The monoisotopic (exact) mass is 420 g/mol. The standard InChI is InChI=1S/C24H28N4O3/c1-15-3-2-4-16(11-15)12-21(29)27-9-7-18(13-27)22-25-20-14-28(24(31)17-5-6-17)10-8-19(20)23(30)26-22/h2-4,11,17-18H,5-10,12-14H2,1H3,(H,25,26,30)/t18-/m1/s1. The van der Waals surface area contributed by atoms with Crippen LogP contribution >= 0.6 is 0 Å². The molecule has 162 valence electrons. The van der Waals surface area contributed by atoms with Crippen LogP contribution in [0.5, 0.6) is 0 Å². The molecule has 2 amide bonds. The fraction of sp³-hybridized carbons (Fsp3) is 0.500. The van der Waals surface area contributed by atoms with Gasteiger partial charge in [0.1, 0.15) is 5.82 Å². The summed E-state index contributed by atoms with van der Waals surface area (Å²) in [6.07, 6.45) is 3.68. The highest BCUT2D eigenvalue weighted by Crippen LogP contribution is 2.32. The Kier molecular flexibility index (Phi) is 5.12. The highest BCUT2D eigenvalue weighted by molar-refractivity contribution is 5.81. The fourth-order valence-electron chi connectivity index (χ4n) is 4.75. The number of aryl methyl sites for hydroxylation is 1. The Morgan fingerprint density at radius 1 is 1.16 bits per heavy atom. The van der Waals surface area contributed by atoms with Crippen LogP contribution in [0.3, 0.4) is 0 Å². The molecule has 3 heterocycles. The van der Waals surface area contributed by atoms with Crippen molar-refractivity contribution in [1.82, 2.24) is 19.8 Å². The Balaban J connectivity index is 1.28. The Morgan fingerprint density at radius 3 is 2.77 bits per heavy atom. The maximum Gasteiger partial charge on any atom is 0.254 e. The molecule has 2 aliphatic heterocycles. The summed E-state index contributed by atoms with van der Waals surface area (Å²) in [5.41, 5.74) is 3.50. The van der Waals surface area contributed by atoms with E-state index in [2.05, 4.69) is 4.98 Å². The first-order chi connectivity index (χ1) is 15.0. The lowest BCUT2D eigenvalue weighted by atomic mass is 10.0. The van der Waals surface area contributed by atoms with Gasteiger partial charge in [0.15, 0.2) is 0 Å². The number of carbonyl (C=O) groups is 2. The number of nitrogens with one attached hydrogen (secondary N) is 1. The Hall–Kier alpha value is -2.96. The van der Waals surface area contributed by atoms with Gasteiger partial charge in [-0.15, -0.1) is 0 Å². The molecule has 7 nitrogen and oxygen atoms in total. The molecule has 2 aromatic rings. The van der Waals surface area contributed by atoms with E-state index in [0.717, 1.165) is 36.1 Å². The van der Waals surface area contributed by atoms with Crippen molar-refractivity contribution in [1.29, 1.82) is 0 Å². The summed E-state index contributed by atoms with van der Waals surface area (Å²) < 4.78 is 0. The van der Waals surface area contributed by atoms with Crippen molar-refractivity contribution in [3.05, 3.63) is 62.8 Å². The molecule has 0 bridgehead atoms. The van der Waals surface area contributed by atoms with Gasteiger partial charge in [-0.1, -0.05) is 29.8 Å². The van der Waals surface area contributed by atoms with Gasteiger partial charge >= 0.3 is 0 Å². The molecule has 0 spiro atoms. The SMILES string of the molecule is Cc1cccc(CC(=O)N2CC[C@@H](c3nc4c(c(=O)[nH]3)CCN(C(=O)C3CC3)C4)C2)c1. The molecule has 1 aromatic carbocycles. The van der Waals surface area contributed by atoms with Crippen LogP contribution in [0, 0.1) is 12.8 Å². The van der Waals surface area contributed by atoms with Crippen LogP contribution in [0.25, 0.3) is 0 Å². The van der Waals surface area contributed by atoms with Crippen LogP contribution in [-0.2, 0) is 29.0 Å². The second-order valence-electron chi connectivity index (χ2n) is 9.15. The summed E-state index contributed by atoms with van der Waals surface area (Å²) in [6.45, 7) is 4.28. The number of hydrogen-bond acceptors (Lipinski definition) is 4. The van der Waals surface area contributed by atoms with Crippen LogP contribution in [0.1, 0.15) is 53.4 Å². The highest BCUT2D eigenvalue weighted by Gasteiger charge is 2.36. The molecule has 31 heavy (non-hydrogen) atoms. The first-order valence-electron chi connectivity index (χ1n) is 11.2. The topological polar surface area (TPSA) is 86.4 Å². The first kappa shape index (κ1) is 20.0. The maximum atomic E-state index is 12.8. The fourth-order valence-corrected chi connectivity index (χ4v) is 4.75. The minimum atomic E-state index is -0.0944. The van der Waals surface area contributed by atoms with Gasteiger partial charge in [-0.2, -0.15) is 0 Å². The third-order valence-electron chi connectivity index (χ3n) is 6.70. The van der Waals surface area contributed by atoms with Crippen molar-refractivity contribution < 1.29 is 9.59 Å². The predicted octanol–water partition coefficient (Wildman–Crippen LogP) is 1.93. The summed E-state index contributed by atoms with van der Waals surface area (Å²) in [4.78, 5) is 49.4. The number of aromatic nitrogens is 2. The lowest BCUT2D eigenvalue weighted by Gasteiger charge is -2.28. The lowest BCUT2D eigenvalue weighted by molar-refractivity contribution is -0.133. The van der Waals surface area contributed by atoms with Gasteiger partial charge in [-0.25, -0.2) is 4.98 Å². The average molecular weight is 421 g/mol. The number of hydrogen-bond donors (Lipinski definition) is 1. The van der Waals surface area contributed by atoms with E-state index in [1.165, 1.54) is 0 Å². The van der Waals surface area contributed by atoms with E-state index in [-0.39, 0.29) is 29.2 Å². The van der Waals surface area contributed by atoms with Crippen molar-refractivity contribution in [3.8, 4) is 0 Å².